The lowest BCUT2D eigenvalue weighted by Crippen LogP contribution is -2.23. The van der Waals surface area contributed by atoms with E-state index in [1.807, 2.05) is 0 Å². The number of hydrogen-bond acceptors (Lipinski definition) is 5. The average molecular weight is 439 g/mol. The third-order valence-electron chi connectivity index (χ3n) is 4.29. The molecule has 0 unspecified atom stereocenters. The van der Waals surface area contributed by atoms with Crippen LogP contribution in [0.4, 0.5) is 13.2 Å². The first-order valence-electron chi connectivity index (χ1n) is 8.78. The summed E-state index contributed by atoms with van der Waals surface area (Å²) in [7, 11) is 0. The molecular formula is C19H14ClF3N4O3. The summed E-state index contributed by atoms with van der Waals surface area (Å²) in [5.41, 5.74) is -0.578. The van der Waals surface area contributed by atoms with Crippen molar-refractivity contribution in [3.8, 4) is 17.2 Å². The molecule has 0 fully saturated rings. The van der Waals surface area contributed by atoms with Gasteiger partial charge >= 0.3 is 6.18 Å². The molecule has 30 heavy (non-hydrogen) atoms. The van der Waals surface area contributed by atoms with E-state index in [0.717, 1.165) is 16.9 Å². The van der Waals surface area contributed by atoms with Gasteiger partial charge in [-0.15, -0.1) is 5.10 Å². The molecule has 4 rings (SSSR count). The molecule has 1 aliphatic rings. The number of alkyl halides is 3. The first kappa shape index (κ1) is 20.0. The molecule has 3 aromatic rings. The minimum Gasteiger partial charge on any atom is -0.486 e. The standard InChI is InChI=1S/C19H14ClF3N4O3/c20-13-7-11(8-16-17(13)30-6-5-29-16)9-24-18(28)14-10-27(26-25-14)15-4-2-1-3-12(15)19(21,22)23/h1-4,7-8,10H,5-6,9H2,(H,24,28). The minimum atomic E-state index is -4.57. The van der Waals surface area contributed by atoms with E-state index in [0.29, 0.717) is 35.3 Å². The van der Waals surface area contributed by atoms with Crippen LogP contribution in [0, 0.1) is 0 Å². The normalized spacial score (nSPS) is 13.2. The quantitative estimate of drug-likeness (QED) is 0.673. The number of carbonyl (C=O) groups excluding carboxylic acids is 1. The van der Waals surface area contributed by atoms with Crippen molar-refractivity contribution in [2.45, 2.75) is 12.7 Å². The molecule has 1 aliphatic heterocycles. The van der Waals surface area contributed by atoms with Gasteiger partial charge in [0.1, 0.15) is 13.2 Å². The van der Waals surface area contributed by atoms with Gasteiger partial charge in [0.25, 0.3) is 5.91 Å². The molecule has 0 saturated heterocycles. The van der Waals surface area contributed by atoms with Crippen molar-refractivity contribution in [2.75, 3.05) is 13.2 Å². The summed E-state index contributed by atoms with van der Waals surface area (Å²) >= 11 is 6.17. The van der Waals surface area contributed by atoms with Gasteiger partial charge in [0.05, 0.1) is 22.5 Å². The van der Waals surface area contributed by atoms with E-state index < -0.39 is 17.6 Å². The van der Waals surface area contributed by atoms with E-state index in [9.17, 15) is 18.0 Å². The Morgan fingerprint density at radius 1 is 1.20 bits per heavy atom. The van der Waals surface area contributed by atoms with Crippen molar-refractivity contribution in [2.24, 2.45) is 0 Å². The second-order valence-electron chi connectivity index (χ2n) is 6.35. The lowest BCUT2D eigenvalue weighted by Gasteiger charge is -2.20. The fourth-order valence-corrected chi connectivity index (χ4v) is 3.23. The summed E-state index contributed by atoms with van der Waals surface area (Å²) in [5.74, 6) is 0.328. The number of halogens is 4. The number of amides is 1. The summed E-state index contributed by atoms with van der Waals surface area (Å²) in [4.78, 5) is 12.4. The number of carbonyl (C=O) groups is 1. The topological polar surface area (TPSA) is 78.3 Å². The molecule has 0 bridgehead atoms. The molecule has 2 heterocycles. The number of para-hydroxylation sites is 1. The number of ether oxygens (including phenoxy) is 2. The first-order valence-corrected chi connectivity index (χ1v) is 9.16. The summed E-state index contributed by atoms with van der Waals surface area (Å²) in [6.07, 6.45) is -3.43. The van der Waals surface area contributed by atoms with Crippen molar-refractivity contribution >= 4 is 17.5 Å². The van der Waals surface area contributed by atoms with Crippen LogP contribution < -0.4 is 14.8 Å². The highest BCUT2D eigenvalue weighted by Gasteiger charge is 2.34. The van der Waals surface area contributed by atoms with Gasteiger partial charge in [-0.2, -0.15) is 13.2 Å². The highest BCUT2D eigenvalue weighted by molar-refractivity contribution is 6.32. The van der Waals surface area contributed by atoms with Crippen molar-refractivity contribution in [1.29, 1.82) is 0 Å². The van der Waals surface area contributed by atoms with Crippen LogP contribution in [0.3, 0.4) is 0 Å². The van der Waals surface area contributed by atoms with Crippen LogP contribution in [-0.2, 0) is 12.7 Å². The molecule has 156 valence electrons. The van der Waals surface area contributed by atoms with Crippen LogP contribution in [0.2, 0.25) is 5.02 Å². The zero-order valence-corrected chi connectivity index (χ0v) is 16.0. The SMILES string of the molecule is O=C(NCc1cc(Cl)c2c(c1)OCCO2)c1cn(-c2ccccc2C(F)(F)F)nn1. The Morgan fingerprint density at radius 3 is 2.77 bits per heavy atom. The zero-order chi connectivity index (χ0) is 21.3. The Hall–Kier alpha value is -3.27. The van der Waals surface area contributed by atoms with Gasteiger partial charge in [0, 0.05) is 6.54 Å². The minimum absolute atomic E-state index is 0.0984. The van der Waals surface area contributed by atoms with Gasteiger partial charge in [0.2, 0.25) is 0 Å². The molecule has 1 N–H and O–H groups in total. The highest BCUT2D eigenvalue weighted by Crippen LogP contribution is 2.38. The molecule has 7 nitrogen and oxygen atoms in total. The Morgan fingerprint density at radius 2 is 1.97 bits per heavy atom. The molecule has 2 aromatic carbocycles. The van der Waals surface area contributed by atoms with Crippen LogP contribution in [0.15, 0.2) is 42.6 Å². The van der Waals surface area contributed by atoms with Gasteiger partial charge in [-0.3, -0.25) is 4.79 Å². The van der Waals surface area contributed by atoms with Crippen LogP contribution in [0.5, 0.6) is 11.5 Å². The molecule has 1 aromatic heterocycles. The maximum Gasteiger partial charge on any atom is 0.418 e. The third kappa shape index (κ3) is 4.04. The van der Waals surface area contributed by atoms with Crippen molar-refractivity contribution in [1.82, 2.24) is 20.3 Å². The lowest BCUT2D eigenvalue weighted by molar-refractivity contribution is -0.137. The summed E-state index contributed by atoms with van der Waals surface area (Å²) in [6, 6.07) is 8.22. The predicted molar refractivity (Wildman–Crippen MR) is 100.0 cm³/mol. The second kappa shape index (κ2) is 7.86. The Kier molecular flexibility index (Phi) is 5.25. The van der Waals surface area contributed by atoms with Gasteiger partial charge in [-0.05, 0) is 29.8 Å². The number of nitrogens with zero attached hydrogens (tertiary/aromatic N) is 3. The maximum atomic E-state index is 13.2. The Balaban J connectivity index is 1.49. The van der Waals surface area contributed by atoms with Crippen molar-refractivity contribution in [3.05, 3.63) is 64.4 Å². The largest absolute Gasteiger partial charge is 0.486 e. The number of rotatable bonds is 4. The van der Waals surface area contributed by atoms with E-state index in [4.69, 9.17) is 21.1 Å². The Labute approximate surface area is 173 Å². The van der Waals surface area contributed by atoms with Crippen LogP contribution in [0.1, 0.15) is 21.6 Å². The molecule has 11 heteroatoms. The van der Waals surface area contributed by atoms with Gasteiger partial charge in [-0.25, -0.2) is 4.68 Å². The van der Waals surface area contributed by atoms with Crippen molar-refractivity contribution < 1.29 is 27.4 Å². The molecule has 1 amide bonds. The third-order valence-corrected chi connectivity index (χ3v) is 4.57. The van der Waals surface area contributed by atoms with Gasteiger partial charge in [0.15, 0.2) is 17.2 Å². The maximum absolute atomic E-state index is 13.2. The van der Waals surface area contributed by atoms with Gasteiger partial charge < -0.3 is 14.8 Å². The molecule has 0 spiro atoms. The number of hydrogen-bond donors (Lipinski definition) is 1. The summed E-state index contributed by atoms with van der Waals surface area (Å²) < 4.78 is 51.4. The van der Waals surface area contributed by atoms with E-state index in [1.54, 1.807) is 12.1 Å². The number of aromatic nitrogens is 3. The van der Waals surface area contributed by atoms with E-state index in [2.05, 4.69) is 15.6 Å². The molecule has 0 saturated carbocycles. The first-order chi connectivity index (χ1) is 14.3. The van der Waals surface area contributed by atoms with Crippen molar-refractivity contribution in [3.63, 3.8) is 0 Å². The van der Waals surface area contributed by atoms with E-state index >= 15 is 0 Å². The zero-order valence-electron chi connectivity index (χ0n) is 15.2. The lowest BCUT2D eigenvalue weighted by atomic mass is 10.1. The number of nitrogens with one attached hydrogen (secondary N) is 1. The van der Waals surface area contributed by atoms with Crippen LogP contribution >= 0.6 is 11.6 Å². The Bertz CT molecular complexity index is 1100. The van der Waals surface area contributed by atoms with Crippen LogP contribution in [-0.4, -0.2) is 34.1 Å². The summed E-state index contributed by atoms with van der Waals surface area (Å²) in [6.45, 7) is 0.888. The van der Waals surface area contributed by atoms with Crippen LogP contribution in [0.25, 0.3) is 5.69 Å². The molecule has 0 atom stereocenters. The van der Waals surface area contributed by atoms with E-state index in [1.165, 1.54) is 18.2 Å². The second-order valence-corrected chi connectivity index (χ2v) is 6.75. The monoisotopic (exact) mass is 438 g/mol. The highest BCUT2D eigenvalue weighted by atomic mass is 35.5. The number of benzene rings is 2. The van der Waals surface area contributed by atoms with Gasteiger partial charge in [-0.1, -0.05) is 28.9 Å². The molecular weight excluding hydrogens is 425 g/mol. The smallest absolute Gasteiger partial charge is 0.418 e. The van der Waals surface area contributed by atoms with E-state index in [-0.39, 0.29) is 17.9 Å². The fourth-order valence-electron chi connectivity index (χ4n) is 2.94. The predicted octanol–water partition coefficient (Wildman–Crippen LogP) is 3.64. The fraction of sp³-hybridized carbons (Fsp3) is 0.211. The molecule has 0 aliphatic carbocycles. The summed E-state index contributed by atoms with van der Waals surface area (Å²) in [5, 5.41) is 10.3. The number of fused-ring (bicyclic) bond motifs is 1. The molecule has 0 radical (unpaired) electrons. The average Bonchev–Trinajstić information content (AvgIpc) is 3.22.